The first kappa shape index (κ1) is 11.0. The summed E-state index contributed by atoms with van der Waals surface area (Å²) in [5.41, 5.74) is 3.09. The minimum absolute atomic E-state index is 0.0782. The van der Waals surface area contributed by atoms with E-state index in [1.807, 2.05) is 30.1 Å². The zero-order valence-electron chi connectivity index (χ0n) is 9.36. The van der Waals surface area contributed by atoms with Gasteiger partial charge in [-0.05, 0) is 24.1 Å². The number of carbonyl (C=O) groups excluding carboxylic acids is 1. The number of nitrogens with one attached hydrogen (secondary N) is 1. The Bertz CT molecular complexity index is 404. The highest BCUT2D eigenvalue weighted by Crippen LogP contribution is 2.27. The number of anilines is 2. The van der Waals surface area contributed by atoms with Crippen LogP contribution in [-0.4, -0.2) is 31.2 Å². The Kier molecular flexibility index (Phi) is 3.10. The van der Waals surface area contributed by atoms with E-state index in [9.17, 15) is 4.79 Å². The summed E-state index contributed by atoms with van der Waals surface area (Å²) in [5, 5.41) is 11.7. The van der Waals surface area contributed by atoms with Crippen molar-refractivity contribution in [1.29, 1.82) is 0 Å². The molecule has 0 saturated carbocycles. The summed E-state index contributed by atoms with van der Waals surface area (Å²) in [6, 6.07) is 6.02. The molecule has 0 atom stereocenters. The smallest absolute Gasteiger partial charge is 0.224 e. The van der Waals surface area contributed by atoms with Crippen LogP contribution >= 0.6 is 0 Å². The van der Waals surface area contributed by atoms with Gasteiger partial charge in [0.2, 0.25) is 5.91 Å². The summed E-state index contributed by atoms with van der Waals surface area (Å²) in [6.45, 7) is 0.715. The number of amides is 1. The minimum Gasteiger partial charge on any atom is -0.395 e. The molecule has 1 aromatic carbocycles. The first-order valence-corrected chi connectivity index (χ1v) is 5.45. The Morgan fingerprint density at radius 3 is 3.00 bits per heavy atom. The summed E-state index contributed by atoms with van der Waals surface area (Å²) < 4.78 is 0. The molecule has 4 heteroatoms. The molecular formula is C12H16N2O2. The molecule has 2 rings (SSSR count). The second-order valence-electron chi connectivity index (χ2n) is 4.03. The van der Waals surface area contributed by atoms with E-state index < -0.39 is 0 Å². The Hall–Kier alpha value is -1.55. The highest BCUT2D eigenvalue weighted by atomic mass is 16.3. The fourth-order valence-electron chi connectivity index (χ4n) is 1.88. The third-order valence-corrected chi connectivity index (χ3v) is 2.87. The molecule has 86 valence electrons. The van der Waals surface area contributed by atoms with E-state index >= 15 is 0 Å². The van der Waals surface area contributed by atoms with Crippen LogP contribution in [0.5, 0.6) is 0 Å². The van der Waals surface area contributed by atoms with Gasteiger partial charge in [-0.2, -0.15) is 0 Å². The number of hydrogen-bond donors (Lipinski definition) is 2. The van der Waals surface area contributed by atoms with Crippen LogP contribution in [0, 0.1) is 0 Å². The molecule has 1 amide bonds. The van der Waals surface area contributed by atoms with Gasteiger partial charge in [-0.25, -0.2) is 0 Å². The van der Waals surface area contributed by atoms with Gasteiger partial charge in [0.1, 0.15) is 0 Å². The van der Waals surface area contributed by atoms with Crippen LogP contribution in [0.1, 0.15) is 12.0 Å². The van der Waals surface area contributed by atoms with Crippen LogP contribution in [0.25, 0.3) is 0 Å². The monoisotopic (exact) mass is 220 g/mol. The lowest BCUT2D eigenvalue weighted by atomic mass is 10.0. The maximum absolute atomic E-state index is 11.3. The van der Waals surface area contributed by atoms with Crippen molar-refractivity contribution in [1.82, 2.24) is 0 Å². The third-order valence-electron chi connectivity index (χ3n) is 2.87. The second-order valence-corrected chi connectivity index (χ2v) is 4.03. The molecular weight excluding hydrogens is 204 g/mol. The molecule has 0 aromatic heterocycles. The van der Waals surface area contributed by atoms with Crippen molar-refractivity contribution >= 4 is 17.3 Å². The largest absolute Gasteiger partial charge is 0.395 e. The average molecular weight is 220 g/mol. The van der Waals surface area contributed by atoms with Crippen LogP contribution in [0.3, 0.4) is 0 Å². The summed E-state index contributed by atoms with van der Waals surface area (Å²) in [4.78, 5) is 13.2. The van der Waals surface area contributed by atoms with Crippen molar-refractivity contribution in [2.24, 2.45) is 0 Å². The normalized spacial score (nSPS) is 14.2. The van der Waals surface area contributed by atoms with Gasteiger partial charge in [0.05, 0.1) is 6.61 Å². The maximum Gasteiger partial charge on any atom is 0.224 e. The SMILES string of the molecule is CN(CCO)c1ccc2c(c1)NC(=O)CC2. The predicted octanol–water partition coefficient (Wildman–Crippen LogP) is 1.000. The lowest BCUT2D eigenvalue weighted by Crippen LogP contribution is -2.23. The molecule has 0 fully saturated rings. The van der Waals surface area contributed by atoms with E-state index in [1.54, 1.807) is 0 Å². The van der Waals surface area contributed by atoms with Gasteiger partial charge >= 0.3 is 0 Å². The van der Waals surface area contributed by atoms with Gasteiger partial charge < -0.3 is 15.3 Å². The van der Waals surface area contributed by atoms with Gasteiger partial charge in [0.25, 0.3) is 0 Å². The molecule has 4 nitrogen and oxygen atoms in total. The van der Waals surface area contributed by atoms with Crippen LogP contribution < -0.4 is 10.2 Å². The lowest BCUT2D eigenvalue weighted by Gasteiger charge is -2.22. The molecule has 0 radical (unpaired) electrons. The van der Waals surface area contributed by atoms with Crippen LogP contribution in [0.15, 0.2) is 18.2 Å². The molecule has 0 saturated heterocycles. The predicted molar refractivity (Wildman–Crippen MR) is 63.7 cm³/mol. The van der Waals surface area contributed by atoms with Crippen molar-refractivity contribution in [2.45, 2.75) is 12.8 Å². The number of nitrogens with zero attached hydrogens (tertiary/aromatic N) is 1. The van der Waals surface area contributed by atoms with Gasteiger partial charge in [-0.15, -0.1) is 0 Å². The first-order valence-electron chi connectivity index (χ1n) is 5.45. The Morgan fingerprint density at radius 2 is 2.25 bits per heavy atom. The number of aliphatic hydroxyl groups excluding tert-OH is 1. The molecule has 0 unspecified atom stereocenters. The molecule has 1 heterocycles. The number of benzene rings is 1. The quantitative estimate of drug-likeness (QED) is 0.799. The zero-order valence-corrected chi connectivity index (χ0v) is 9.36. The summed E-state index contributed by atoms with van der Waals surface area (Å²) in [5.74, 6) is 0.0782. The van der Waals surface area contributed by atoms with E-state index in [2.05, 4.69) is 5.32 Å². The number of likely N-dealkylation sites (N-methyl/N-ethyl adjacent to an activating group) is 1. The van der Waals surface area contributed by atoms with Gasteiger partial charge in [-0.1, -0.05) is 6.07 Å². The number of hydrogen-bond acceptors (Lipinski definition) is 3. The Labute approximate surface area is 94.9 Å². The fourth-order valence-corrected chi connectivity index (χ4v) is 1.88. The number of fused-ring (bicyclic) bond motifs is 1. The van der Waals surface area contributed by atoms with E-state index in [4.69, 9.17) is 5.11 Å². The third kappa shape index (κ3) is 2.17. The zero-order chi connectivity index (χ0) is 11.5. The van der Waals surface area contributed by atoms with E-state index in [0.29, 0.717) is 13.0 Å². The van der Waals surface area contributed by atoms with Gasteiger partial charge in [0.15, 0.2) is 0 Å². The van der Waals surface area contributed by atoms with Crippen molar-refractivity contribution in [3.8, 4) is 0 Å². The molecule has 16 heavy (non-hydrogen) atoms. The molecule has 2 N–H and O–H groups in total. The minimum atomic E-state index is 0.0782. The lowest BCUT2D eigenvalue weighted by molar-refractivity contribution is -0.116. The Morgan fingerprint density at radius 1 is 1.44 bits per heavy atom. The summed E-state index contributed by atoms with van der Waals surface area (Å²) in [7, 11) is 1.92. The molecule has 1 aliphatic heterocycles. The number of rotatable bonds is 3. The molecule has 0 aliphatic carbocycles. The van der Waals surface area contributed by atoms with E-state index in [1.165, 1.54) is 5.56 Å². The standard InChI is InChI=1S/C12H16N2O2/c1-14(6-7-15)10-4-2-9-3-5-12(16)13-11(9)8-10/h2,4,8,15H,3,5-7H2,1H3,(H,13,16). The highest BCUT2D eigenvalue weighted by Gasteiger charge is 2.15. The molecule has 1 aliphatic rings. The van der Waals surface area contributed by atoms with Crippen LogP contribution in [-0.2, 0) is 11.2 Å². The van der Waals surface area contributed by atoms with Gasteiger partial charge in [-0.3, -0.25) is 4.79 Å². The van der Waals surface area contributed by atoms with Crippen molar-refractivity contribution < 1.29 is 9.90 Å². The first-order chi connectivity index (χ1) is 7.70. The molecule has 0 bridgehead atoms. The van der Waals surface area contributed by atoms with Crippen molar-refractivity contribution in [2.75, 3.05) is 30.4 Å². The topological polar surface area (TPSA) is 52.6 Å². The van der Waals surface area contributed by atoms with Crippen molar-refractivity contribution in [3.63, 3.8) is 0 Å². The number of aliphatic hydroxyl groups is 1. The van der Waals surface area contributed by atoms with Crippen molar-refractivity contribution in [3.05, 3.63) is 23.8 Å². The molecule has 0 spiro atoms. The fraction of sp³-hybridized carbons (Fsp3) is 0.417. The average Bonchev–Trinajstić information content (AvgIpc) is 2.28. The van der Waals surface area contributed by atoms with E-state index in [0.717, 1.165) is 17.8 Å². The Balaban J connectivity index is 2.24. The maximum atomic E-state index is 11.3. The number of carbonyl (C=O) groups is 1. The summed E-state index contributed by atoms with van der Waals surface area (Å²) in [6.07, 6.45) is 1.38. The van der Waals surface area contributed by atoms with Gasteiger partial charge in [0, 0.05) is 31.4 Å². The number of aryl methyl sites for hydroxylation is 1. The van der Waals surface area contributed by atoms with Crippen LogP contribution in [0.4, 0.5) is 11.4 Å². The van der Waals surface area contributed by atoms with E-state index in [-0.39, 0.29) is 12.5 Å². The summed E-state index contributed by atoms with van der Waals surface area (Å²) >= 11 is 0. The van der Waals surface area contributed by atoms with Crippen LogP contribution in [0.2, 0.25) is 0 Å². The highest BCUT2D eigenvalue weighted by molar-refractivity contribution is 5.94. The second kappa shape index (κ2) is 4.53. The molecule has 1 aromatic rings.